The molecule has 5 rings (SSSR count). The summed E-state index contributed by atoms with van der Waals surface area (Å²) in [6.45, 7) is 8.88. The number of hydrogen-bond acceptors (Lipinski definition) is 6. The lowest BCUT2D eigenvalue weighted by Crippen LogP contribution is -2.46. The lowest BCUT2D eigenvalue weighted by Gasteiger charge is -2.23. The number of rotatable bonds is 7. The molecular formula is C34H34N2O6. The van der Waals surface area contributed by atoms with E-state index in [1.165, 1.54) is 0 Å². The van der Waals surface area contributed by atoms with E-state index in [-0.39, 0.29) is 12.2 Å². The number of hydrogen-bond donors (Lipinski definition) is 2. The van der Waals surface area contributed by atoms with Crippen LogP contribution >= 0.6 is 0 Å². The molecule has 8 heteroatoms. The van der Waals surface area contributed by atoms with Crippen molar-refractivity contribution in [3.05, 3.63) is 111 Å². The van der Waals surface area contributed by atoms with Gasteiger partial charge in [0.05, 0.1) is 0 Å². The third-order valence-electron chi connectivity index (χ3n) is 7.16. The average Bonchev–Trinajstić information content (AvgIpc) is 3.35. The van der Waals surface area contributed by atoms with Gasteiger partial charge in [-0.15, -0.1) is 0 Å². The highest BCUT2D eigenvalue weighted by Crippen LogP contribution is 2.30. The van der Waals surface area contributed by atoms with Gasteiger partial charge in [-0.1, -0.05) is 48.5 Å². The summed E-state index contributed by atoms with van der Waals surface area (Å²) in [4.78, 5) is 42.5. The van der Waals surface area contributed by atoms with Crippen molar-refractivity contribution in [1.29, 1.82) is 0 Å². The topological polar surface area (TPSA) is 111 Å². The van der Waals surface area contributed by atoms with Crippen LogP contribution in [0, 0.1) is 13.8 Å². The number of alkyl carbamates (subject to hydrolysis) is 1. The molecule has 0 fully saturated rings. The molecule has 216 valence electrons. The number of carbonyl (C=O) groups excluding carboxylic acids is 2. The third-order valence-corrected chi connectivity index (χ3v) is 7.16. The molecule has 0 saturated carbocycles. The maximum absolute atomic E-state index is 13.6. The van der Waals surface area contributed by atoms with Crippen LogP contribution in [0.25, 0.3) is 21.9 Å². The van der Waals surface area contributed by atoms with Crippen LogP contribution in [0.5, 0.6) is 5.75 Å². The lowest BCUT2D eigenvalue weighted by molar-refractivity contribution is -0.136. The average molecular weight is 567 g/mol. The highest BCUT2D eigenvalue weighted by atomic mass is 16.6. The predicted octanol–water partition coefficient (Wildman–Crippen LogP) is 6.52. The van der Waals surface area contributed by atoms with Gasteiger partial charge in [-0.25, -0.2) is 14.4 Å². The molecule has 0 aliphatic rings. The van der Waals surface area contributed by atoms with Crippen LogP contribution in [-0.2, 0) is 22.4 Å². The van der Waals surface area contributed by atoms with Crippen LogP contribution in [0.15, 0.2) is 82.1 Å². The Morgan fingerprint density at radius 2 is 1.64 bits per heavy atom. The fourth-order valence-electron chi connectivity index (χ4n) is 5.03. The molecule has 8 nitrogen and oxygen atoms in total. The zero-order chi connectivity index (χ0) is 30.0. The van der Waals surface area contributed by atoms with Crippen LogP contribution in [-0.4, -0.2) is 28.7 Å². The quantitative estimate of drug-likeness (QED) is 0.132. The van der Waals surface area contributed by atoms with E-state index >= 15 is 0 Å². The standard InChI is InChI=1S/C34H34N2O6/c1-20-24-15-16-29(21(2)30(24)41-31(37)26(20)17-22-11-7-6-8-12-22)40-32(38)28(36-33(39)42-34(3,4)5)18-23-19-35-27-14-10-9-13-25(23)27/h6-16,19,28,35H,17-18H2,1-5H3,(H,36,39). The number of ether oxygens (including phenoxy) is 2. The summed E-state index contributed by atoms with van der Waals surface area (Å²) >= 11 is 0. The molecule has 2 N–H and O–H groups in total. The van der Waals surface area contributed by atoms with Gasteiger partial charge in [0.1, 0.15) is 23.0 Å². The van der Waals surface area contributed by atoms with Crippen molar-refractivity contribution < 1.29 is 23.5 Å². The monoisotopic (exact) mass is 566 g/mol. The first-order valence-electron chi connectivity index (χ1n) is 13.9. The van der Waals surface area contributed by atoms with Crippen LogP contribution < -0.4 is 15.7 Å². The Morgan fingerprint density at radius 3 is 2.38 bits per heavy atom. The molecule has 0 saturated heterocycles. The third kappa shape index (κ3) is 6.22. The van der Waals surface area contributed by atoms with Crippen LogP contribution in [0.4, 0.5) is 4.79 Å². The van der Waals surface area contributed by atoms with Crippen molar-refractivity contribution in [3.63, 3.8) is 0 Å². The summed E-state index contributed by atoms with van der Waals surface area (Å²) in [5.41, 5.74) is 3.85. The SMILES string of the molecule is Cc1c(Cc2ccccc2)c(=O)oc2c(C)c(OC(=O)C(Cc3c[nH]c4ccccc34)NC(=O)OC(C)(C)C)ccc12. The Morgan fingerprint density at radius 1 is 0.929 bits per heavy atom. The van der Waals surface area contributed by atoms with Gasteiger partial charge < -0.3 is 24.2 Å². The van der Waals surface area contributed by atoms with Crippen molar-refractivity contribution >= 4 is 33.9 Å². The number of para-hydroxylation sites is 1. The van der Waals surface area contributed by atoms with Crippen molar-refractivity contribution in [2.45, 2.75) is 59.1 Å². The number of aromatic amines is 1. The van der Waals surface area contributed by atoms with Gasteiger partial charge in [0.2, 0.25) is 0 Å². The zero-order valence-corrected chi connectivity index (χ0v) is 24.4. The van der Waals surface area contributed by atoms with Crippen molar-refractivity contribution in [2.24, 2.45) is 0 Å². The molecule has 42 heavy (non-hydrogen) atoms. The van der Waals surface area contributed by atoms with Gasteiger partial charge in [-0.2, -0.15) is 0 Å². The van der Waals surface area contributed by atoms with Crippen molar-refractivity contribution in [1.82, 2.24) is 10.3 Å². The molecular weight excluding hydrogens is 532 g/mol. The minimum Gasteiger partial charge on any atom is -0.444 e. The molecule has 2 aromatic heterocycles. The van der Waals surface area contributed by atoms with Gasteiger partial charge in [-0.3, -0.25) is 0 Å². The van der Waals surface area contributed by atoms with E-state index in [9.17, 15) is 14.4 Å². The number of carbonyl (C=O) groups is 2. The first-order chi connectivity index (χ1) is 20.0. The van der Waals surface area contributed by atoms with E-state index in [2.05, 4.69) is 10.3 Å². The summed E-state index contributed by atoms with van der Waals surface area (Å²) in [5.74, 6) is -0.436. The minimum absolute atomic E-state index is 0.172. The van der Waals surface area contributed by atoms with Gasteiger partial charge in [-0.05, 0) is 69.5 Å². The summed E-state index contributed by atoms with van der Waals surface area (Å²) in [7, 11) is 0. The van der Waals surface area contributed by atoms with Crippen LogP contribution in [0.2, 0.25) is 0 Å². The lowest BCUT2D eigenvalue weighted by atomic mass is 9.98. The van der Waals surface area contributed by atoms with E-state index < -0.39 is 29.3 Å². The number of benzene rings is 3. The Balaban J connectivity index is 1.44. The second kappa shape index (κ2) is 11.6. The molecule has 0 aliphatic carbocycles. The Labute approximate surface area is 243 Å². The summed E-state index contributed by atoms with van der Waals surface area (Å²) in [6.07, 6.45) is 1.71. The van der Waals surface area contributed by atoms with Gasteiger partial charge in [0.15, 0.2) is 0 Å². The maximum Gasteiger partial charge on any atom is 0.408 e. The minimum atomic E-state index is -1.05. The Kier molecular flexibility index (Phi) is 7.89. The first kappa shape index (κ1) is 28.7. The van der Waals surface area contributed by atoms with Gasteiger partial charge in [0.25, 0.3) is 0 Å². The molecule has 5 aromatic rings. The van der Waals surface area contributed by atoms with E-state index in [0.717, 1.165) is 33.0 Å². The molecule has 0 radical (unpaired) electrons. The second-order valence-corrected chi connectivity index (χ2v) is 11.4. The second-order valence-electron chi connectivity index (χ2n) is 11.4. The van der Waals surface area contributed by atoms with E-state index in [1.807, 2.05) is 67.7 Å². The number of aryl methyl sites for hydroxylation is 2. The fourth-order valence-corrected chi connectivity index (χ4v) is 5.03. The van der Waals surface area contributed by atoms with Crippen LogP contribution in [0.1, 0.15) is 48.6 Å². The number of nitrogens with one attached hydrogen (secondary N) is 2. The number of amides is 1. The number of esters is 1. The largest absolute Gasteiger partial charge is 0.444 e. The molecule has 0 spiro atoms. The number of aromatic nitrogens is 1. The fraction of sp³-hybridized carbons (Fsp3) is 0.265. The summed E-state index contributed by atoms with van der Waals surface area (Å²) < 4.78 is 17.0. The smallest absolute Gasteiger partial charge is 0.408 e. The highest BCUT2D eigenvalue weighted by Gasteiger charge is 2.28. The first-order valence-corrected chi connectivity index (χ1v) is 13.9. The van der Waals surface area contributed by atoms with E-state index in [1.54, 1.807) is 39.8 Å². The number of H-pyrrole nitrogens is 1. The Bertz CT molecular complexity index is 1830. The summed E-state index contributed by atoms with van der Waals surface area (Å²) in [5, 5.41) is 4.38. The predicted molar refractivity (Wildman–Crippen MR) is 162 cm³/mol. The highest BCUT2D eigenvalue weighted by molar-refractivity contribution is 5.89. The van der Waals surface area contributed by atoms with Crippen LogP contribution in [0.3, 0.4) is 0 Å². The molecule has 2 heterocycles. The zero-order valence-electron chi connectivity index (χ0n) is 24.4. The van der Waals surface area contributed by atoms with E-state index in [0.29, 0.717) is 23.1 Å². The molecule has 3 aromatic carbocycles. The molecule has 1 unspecified atom stereocenters. The summed E-state index contributed by atoms with van der Waals surface area (Å²) in [6, 6.07) is 19.9. The van der Waals surface area contributed by atoms with Crippen molar-refractivity contribution in [2.75, 3.05) is 0 Å². The molecule has 1 amide bonds. The normalized spacial score (nSPS) is 12.3. The van der Waals surface area contributed by atoms with Gasteiger partial charge >= 0.3 is 17.7 Å². The maximum atomic E-state index is 13.6. The molecule has 0 bridgehead atoms. The van der Waals surface area contributed by atoms with Gasteiger partial charge in [0, 0.05) is 46.5 Å². The van der Waals surface area contributed by atoms with Crippen molar-refractivity contribution in [3.8, 4) is 5.75 Å². The Hall–Kier alpha value is -4.85. The molecule has 1 atom stereocenters. The molecule has 0 aliphatic heterocycles. The van der Waals surface area contributed by atoms with E-state index in [4.69, 9.17) is 13.9 Å². The number of fused-ring (bicyclic) bond motifs is 2.